The summed E-state index contributed by atoms with van der Waals surface area (Å²) in [5.41, 5.74) is 0.352. The summed E-state index contributed by atoms with van der Waals surface area (Å²) in [5, 5.41) is 9.78. The molecule has 3 heterocycles. The molecule has 29 heavy (non-hydrogen) atoms. The van der Waals surface area contributed by atoms with Gasteiger partial charge in [-0.1, -0.05) is 17.7 Å². The molecule has 1 saturated heterocycles. The Morgan fingerprint density at radius 2 is 1.90 bits per heavy atom. The quantitative estimate of drug-likeness (QED) is 0.752. The number of aromatic carboxylic acids is 1. The molecule has 3 rings (SSSR count). The molecule has 1 aliphatic rings. The molecule has 1 fully saturated rings. The molecule has 2 unspecified atom stereocenters. The van der Waals surface area contributed by atoms with E-state index in [1.54, 1.807) is 56.1 Å². The van der Waals surface area contributed by atoms with Crippen LogP contribution in [0.4, 0.5) is 4.79 Å². The smallest absolute Gasteiger partial charge is 0.411 e. The average Bonchev–Trinajstić information content (AvgIpc) is 2.66. The van der Waals surface area contributed by atoms with Crippen molar-refractivity contribution in [2.75, 3.05) is 0 Å². The van der Waals surface area contributed by atoms with E-state index in [0.29, 0.717) is 29.3 Å². The van der Waals surface area contributed by atoms with E-state index >= 15 is 0 Å². The molecule has 1 amide bonds. The maximum Gasteiger partial charge on any atom is 0.411 e. The number of ether oxygens (including phenoxy) is 1. The van der Waals surface area contributed by atoms with Crippen LogP contribution in [0, 0.1) is 0 Å². The lowest BCUT2D eigenvalue weighted by Crippen LogP contribution is -2.44. The summed E-state index contributed by atoms with van der Waals surface area (Å²) in [5.74, 6) is -1.12. The fraction of sp³-hybridized carbons (Fsp3) is 0.429. The molecule has 0 aliphatic carbocycles. The second kappa shape index (κ2) is 8.37. The SMILES string of the molecule is CC(C)(C)OC(=O)N1C(c2cccc(C(=O)O)n2)CCCC1c1ncccc1Cl. The largest absolute Gasteiger partial charge is 0.477 e. The molecule has 0 spiro atoms. The third-order valence-electron chi connectivity index (χ3n) is 4.66. The molecule has 8 heteroatoms. The maximum absolute atomic E-state index is 13.2. The van der Waals surface area contributed by atoms with Gasteiger partial charge in [0.1, 0.15) is 11.3 Å². The Balaban J connectivity index is 2.06. The summed E-state index contributed by atoms with van der Waals surface area (Å²) >= 11 is 6.39. The van der Waals surface area contributed by atoms with Crippen LogP contribution in [-0.2, 0) is 4.74 Å². The predicted octanol–water partition coefficient (Wildman–Crippen LogP) is 5.03. The number of nitrogens with zero attached hydrogens (tertiary/aromatic N) is 3. The highest BCUT2D eigenvalue weighted by Crippen LogP contribution is 2.43. The van der Waals surface area contributed by atoms with E-state index in [9.17, 15) is 14.7 Å². The summed E-state index contributed by atoms with van der Waals surface area (Å²) in [6.07, 6.45) is 3.25. The van der Waals surface area contributed by atoms with Crippen molar-refractivity contribution >= 4 is 23.7 Å². The van der Waals surface area contributed by atoms with Crippen molar-refractivity contribution < 1.29 is 19.4 Å². The molecule has 2 aromatic heterocycles. The highest BCUT2D eigenvalue weighted by atomic mass is 35.5. The number of amides is 1. The molecule has 154 valence electrons. The minimum absolute atomic E-state index is 0.0652. The Morgan fingerprint density at radius 1 is 1.17 bits per heavy atom. The fourth-order valence-corrected chi connectivity index (χ4v) is 3.77. The van der Waals surface area contributed by atoms with E-state index in [0.717, 1.165) is 6.42 Å². The Bertz CT molecular complexity index is 913. The lowest BCUT2D eigenvalue weighted by atomic mass is 9.91. The lowest BCUT2D eigenvalue weighted by molar-refractivity contribution is -0.00793. The van der Waals surface area contributed by atoms with E-state index in [2.05, 4.69) is 9.97 Å². The van der Waals surface area contributed by atoms with Crippen LogP contribution in [0.25, 0.3) is 0 Å². The number of pyridine rings is 2. The molecule has 0 radical (unpaired) electrons. The van der Waals surface area contributed by atoms with E-state index < -0.39 is 29.7 Å². The number of carbonyl (C=O) groups is 2. The predicted molar refractivity (Wildman–Crippen MR) is 108 cm³/mol. The number of carboxylic acid groups (broad SMARTS) is 1. The van der Waals surface area contributed by atoms with Gasteiger partial charge in [0.2, 0.25) is 0 Å². The number of piperidine rings is 1. The third kappa shape index (κ3) is 4.85. The first-order valence-corrected chi connectivity index (χ1v) is 9.87. The first-order valence-electron chi connectivity index (χ1n) is 9.49. The molecule has 1 aliphatic heterocycles. The van der Waals surface area contributed by atoms with Crippen LogP contribution in [0.1, 0.15) is 74.0 Å². The Hall–Kier alpha value is -2.67. The number of likely N-dealkylation sites (tertiary alicyclic amines) is 1. The molecule has 2 aromatic rings. The van der Waals surface area contributed by atoms with Crippen LogP contribution in [0.15, 0.2) is 36.5 Å². The summed E-state index contributed by atoms with van der Waals surface area (Å²) in [6.45, 7) is 5.40. The standard InChI is InChI=1S/C21H24ClN3O4/c1-21(2,3)29-20(28)25-16(14-8-4-9-15(24-14)19(26)27)10-5-11-17(25)18-13(22)7-6-12-23-18/h4,6-9,12,16-17H,5,10-11H2,1-3H3,(H,26,27). The number of rotatable bonds is 3. The molecule has 0 aromatic carbocycles. The van der Waals surface area contributed by atoms with Gasteiger partial charge < -0.3 is 9.84 Å². The number of hydrogen-bond acceptors (Lipinski definition) is 5. The van der Waals surface area contributed by atoms with Crippen LogP contribution in [-0.4, -0.2) is 37.6 Å². The van der Waals surface area contributed by atoms with E-state index in [4.69, 9.17) is 16.3 Å². The van der Waals surface area contributed by atoms with Gasteiger partial charge in [-0.15, -0.1) is 0 Å². The highest BCUT2D eigenvalue weighted by Gasteiger charge is 2.40. The second-order valence-corrected chi connectivity index (χ2v) is 8.38. The number of hydrogen-bond donors (Lipinski definition) is 1. The van der Waals surface area contributed by atoms with Crippen molar-refractivity contribution in [1.82, 2.24) is 14.9 Å². The summed E-state index contributed by atoms with van der Waals surface area (Å²) in [7, 11) is 0. The lowest BCUT2D eigenvalue weighted by Gasteiger charge is -2.42. The topological polar surface area (TPSA) is 92.6 Å². The van der Waals surface area contributed by atoms with Crippen molar-refractivity contribution in [3.8, 4) is 0 Å². The Morgan fingerprint density at radius 3 is 2.55 bits per heavy atom. The zero-order valence-electron chi connectivity index (χ0n) is 16.6. The van der Waals surface area contributed by atoms with Gasteiger partial charge in [-0.25, -0.2) is 14.6 Å². The van der Waals surface area contributed by atoms with E-state index in [-0.39, 0.29) is 5.69 Å². The third-order valence-corrected chi connectivity index (χ3v) is 4.98. The number of halogens is 1. The minimum Gasteiger partial charge on any atom is -0.477 e. The van der Waals surface area contributed by atoms with Crippen molar-refractivity contribution in [2.24, 2.45) is 0 Å². The van der Waals surface area contributed by atoms with Crippen LogP contribution in [0.5, 0.6) is 0 Å². The van der Waals surface area contributed by atoms with Crippen molar-refractivity contribution in [3.05, 3.63) is 58.6 Å². The van der Waals surface area contributed by atoms with Crippen LogP contribution >= 0.6 is 11.6 Å². The second-order valence-electron chi connectivity index (χ2n) is 7.97. The van der Waals surface area contributed by atoms with Gasteiger partial charge in [0.25, 0.3) is 0 Å². The van der Waals surface area contributed by atoms with Gasteiger partial charge in [-0.05, 0) is 64.3 Å². The molecular weight excluding hydrogens is 394 g/mol. The van der Waals surface area contributed by atoms with Crippen molar-refractivity contribution in [1.29, 1.82) is 0 Å². The van der Waals surface area contributed by atoms with Gasteiger partial charge in [0.05, 0.1) is 28.5 Å². The van der Waals surface area contributed by atoms with E-state index in [1.165, 1.54) is 6.07 Å². The first-order chi connectivity index (χ1) is 13.7. The summed E-state index contributed by atoms with van der Waals surface area (Å²) in [4.78, 5) is 34.9. The maximum atomic E-state index is 13.2. The monoisotopic (exact) mass is 417 g/mol. The summed E-state index contributed by atoms with van der Waals surface area (Å²) < 4.78 is 5.67. The molecule has 7 nitrogen and oxygen atoms in total. The normalized spacial score (nSPS) is 19.7. The van der Waals surface area contributed by atoms with Crippen LogP contribution in [0.3, 0.4) is 0 Å². The summed E-state index contributed by atoms with van der Waals surface area (Å²) in [6, 6.07) is 7.44. The minimum atomic E-state index is -1.12. The molecule has 0 saturated carbocycles. The molecule has 1 N–H and O–H groups in total. The molecule has 0 bridgehead atoms. The highest BCUT2D eigenvalue weighted by molar-refractivity contribution is 6.31. The Labute approximate surface area is 174 Å². The number of carbonyl (C=O) groups excluding carboxylic acids is 1. The zero-order chi connectivity index (χ0) is 21.2. The van der Waals surface area contributed by atoms with Crippen LogP contribution in [0.2, 0.25) is 5.02 Å². The van der Waals surface area contributed by atoms with Crippen molar-refractivity contribution in [2.45, 2.75) is 57.7 Å². The average molecular weight is 418 g/mol. The Kier molecular flexibility index (Phi) is 6.07. The first kappa shape index (κ1) is 21.0. The van der Waals surface area contributed by atoms with Gasteiger partial charge in [0, 0.05) is 6.20 Å². The van der Waals surface area contributed by atoms with E-state index in [1.807, 2.05) is 0 Å². The molecule has 2 atom stereocenters. The number of carboxylic acids is 1. The van der Waals surface area contributed by atoms with Gasteiger partial charge in [-0.3, -0.25) is 9.88 Å². The van der Waals surface area contributed by atoms with Gasteiger partial charge >= 0.3 is 12.1 Å². The van der Waals surface area contributed by atoms with Crippen molar-refractivity contribution in [3.63, 3.8) is 0 Å². The fourth-order valence-electron chi connectivity index (χ4n) is 3.53. The van der Waals surface area contributed by atoms with Gasteiger partial charge in [0.15, 0.2) is 0 Å². The van der Waals surface area contributed by atoms with Crippen LogP contribution < -0.4 is 0 Å². The van der Waals surface area contributed by atoms with Gasteiger partial charge in [-0.2, -0.15) is 0 Å². The zero-order valence-corrected chi connectivity index (χ0v) is 17.4. The number of aromatic nitrogens is 2. The molecular formula is C21H24ClN3O4.